The zero-order valence-electron chi connectivity index (χ0n) is 16.9. The number of carbonyl (C=O) groups excluding carboxylic acids is 1. The van der Waals surface area contributed by atoms with Crippen molar-refractivity contribution in [2.45, 2.75) is 25.2 Å². The highest BCUT2D eigenvalue weighted by atomic mass is 32.2. The second-order valence-corrected chi connectivity index (χ2v) is 8.76. The van der Waals surface area contributed by atoms with E-state index in [1.165, 1.54) is 30.5 Å². The molecule has 4 aromatic rings. The van der Waals surface area contributed by atoms with Gasteiger partial charge in [-0.1, -0.05) is 0 Å². The predicted molar refractivity (Wildman–Crippen MR) is 116 cm³/mol. The van der Waals surface area contributed by atoms with Crippen LogP contribution in [0.4, 0.5) is 11.6 Å². The molecule has 0 spiro atoms. The molecule has 3 aromatic heterocycles. The van der Waals surface area contributed by atoms with Crippen LogP contribution in [0.3, 0.4) is 0 Å². The molecule has 1 amide bonds. The van der Waals surface area contributed by atoms with Gasteiger partial charge in [-0.15, -0.1) is 0 Å². The largest absolute Gasteiger partial charge is 0.326 e. The number of pyridine rings is 1. The van der Waals surface area contributed by atoms with Gasteiger partial charge in [-0.3, -0.25) is 4.79 Å². The molecule has 31 heavy (non-hydrogen) atoms. The fraction of sp³-hybridized carbons (Fsp3) is 0.143. The molecule has 1 aromatic carbocycles. The first-order valence-corrected chi connectivity index (χ1v) is 10.9. The lowest BCUT2D eigenvalue weighted by atomic mass is 10.3. The molecular weight excluding hydrogens is 416 g/mol. The van der Waals surface area contributed by atoms with Gasteiger partial charge in [0.1, 0.15) is 5.65 Å². The molecule has 0 aliphatic carbocycles. The average molecular weight is 436 g/mol. The van der Waals surface area contributed by atoms with Crippen LogP contribution in [-0.2, 0) is 21.2 Å². The monoisotopic (exact) mass is 436 g/mol. The Bertz CT molecular complexity index is 1360. The Labute approximate surface area is 179 Å². The second-order valence-electron chi connectivity index (χ2n) is 7.08. The summed E-state index contributed by atoms with van der Waals surface area (Å²) >= 11 is 0. The highest BCUT2D eigenvalue weighted by molar-refractivity contribution is 7.92. The standard InChI is InChI=1S/C21H20N6O3S/c1-14-8-10-27-13-17(24-19(27)11-14)12-20(28)25-16-3-5-18(6-4-16)31(29,30)26-21-22-9-7-15(2)23-21/h3-11,13H,12H2,1-2H3,(H,25,28)(H,22,23,26). The lowest BCUT2D eigenvalue weighted by molar-refractivity contribution is -0.115. The van der Waals surface area contributed by atoms with E-state index in [9.17, 15) is 13.2 Å². The maximum atomic E-state index is 12.5. The van der Waals surface area contributed by atoms with Crippen molar-refractivity contribution in [3.63, 3.8) is 0 Å². The Kier molecular flexibility index (Phi) is 5.38. The number of aryl methyl sites for hydroxylation is 2. The smallest absolute Gasteiger partial charge is 0.264 e. The van der Waals surface area contributed by atoms with Gasteiger partial charge in [0.2, 0.25) is 11.9 Å². The van der Waals surface area contributed by atoms with Crippen molar-refractivity contribution in [3.8, 4) is 0 Å². The lowest BCUT2D eigenvalue weighted by Gasteiger charge is -2.08. The van der Waals surface area contributed by atoms with E-state index >= 15 is 0 Å². The van der Waals surface area contributed by atoms with E-state index in [-0.39, 0.29) is 23.2 Å². The average Bonchev–Trinajstić information content (AvgIpc) is 3.09. The number of anilines is 2. The summed E-state index contributed by atoms with van der Waals surface area (Å²) in [6.07, 6.45) is 5.28. The van der Waals surface area contributed by atoms with Crippen molar-refractivity contribution in [2.75, 3.05) is 10.0 Å². The Morgan fingerprint density at radius 1 is 1.06 bits per heavy atom. The number of fused-ring (bicyclic) bond motifs is 1. The summed E-state index contributed by atoms with van der Waals surface area (Å²) in [5, 5.41) is 2.75. The van der Waals surface area contributed by atoms with Crippen LogP contribution >= 0.6 is 0 Å². The minimum Gasteiger partial charge on any atom is -0.326 e. The third-order valence-electron chi connectivity index (χ3n) is 4.48. The molecule has 158 valence electrons. The van der Waals surface area contributed by atoms with Gasteiger partial charge in [-0.2, -0.15) is 0 Å². The lowest BCUT2D eigenvalue weighted by Crippen LogP contribution is -2.16. The highest BCUT2D eigenvalue weighted by Crippen LogP contribution is 2.17. The number of carbonyl (C=O) groups is 1. The number of rotatable bonds is 6. The van der Waals surface area contributed by atoms with E-state index in [2.05, 4.69) is 25.0 Å². The number of nitrogens with one attached hydrogen (secondary N) is 2. The molecule has 0 atom stereocenters. The summed E-state index contributed by atoms with van der Waals surface area (Å²) < 4.78 is 29.2. The third-order valence-corrected chi connectivity index (χ3v) is 5.82. The van der Waals surface area contributed by atoms with E-state index in [1.54, 1.807) is 13.0 Å². The number of imidazole rings is 1. The minimum atomic E-state index is -3.84. The molecule has 0 aliphatic heterocycles. The fourth-order valence-corrected chi connectivity index (χ4v) is 3.94. The number of hydrogen-bond donors (Lipinski definition) is 2. The van der Waals surface area contributed by atoms with E-state index in [1.807, 2.05) is 35.9 Å². The van der Waals surface area contributed by atoms with Crippen LogP contribution < -0.4 is 10.0 Å². The van der Waals surface area contributed by atoms with Crippen LogP contribution in [0.25, 0.3) is 5.65 Å². The van der Waals surface area contributed by atoms with Crippen molar-refractivity contribution in [1.29, 1.82) is 0 Å². The van der Waals surface area contributed by atoms with E-state index in [0.717, 1.165) is 11.2 Å². The van der Waals surface area contributed by atoms with Gasteiger partial charge < -0.3 is 9.72 Å². The molecule has 9 nitrogen and oxygen atoms in total. The molecule has 4 rings (SSSR count). The zero-order chi connectivity index (χ0) is 22.0. The van der Waals surface area contributed by atoms with Crippen molar-refractivity contribution < 1.29 is 13.2 Å². The Morgan fingerprint density at radius 2 is 1.84 bits per heavy atom. The highest BCUT2D eigenvalue weighted by Gasteiger charge is 2.16. The molecule has 0 bridgehead atoms. The molecule has 0 saturated carbocycles. The van der Waals surface area contributed by atoms with Crippen molar-refractivity contribution in [1.82, 2.24) is 19.4 Å². The molecular formula is C21H20N6O3S. The van der Waals surface area contributed by atoms with Crippen LogP contribution in [0.15, 0.2) is 66.0 Å². The van der Waals surface area contributed by atoms with Gasteiger partial charge in [0.05, 0.1) is 17.0 Å². The Balaban J connectivity index is 1.42. The number of amides is 1. The molecule has 0 aliphatic rings. The van der Waals surface area contributed by atoms with E-state index < -0.39 is 10.0 Å². The van der Waals surface area contributed by atoms with Gasteiger partial charge in [-0.05, 0) is 61.9 Å². The summed E-state index contributed by atoms with van der Waals surface area (Å²) in [6.45, 7) is 3.72. The maximum Gasteiger partial charge on any atom is 0.264 e. The zero-order valence-corrected chi connectivity index (χ0v) is 17.7. The molecule has 3 heterocycles. The van der Waals surface area contributed by atoms with Gasteiger partial charge >= 0.3 is 0 Å². The van der Waals surface area contributed by atoms with Crippen LogP contribution in [0.2, 0.25) is 0 Å². The number of sulfonamides is 1. The topological polar surface area (TPSA) is 118 Å². The van der Waals surface area contributed by atoms with Crippen molar-refractivity contribution in [3.05, 3.63) is 78.0 Å². The molecule has 0 unspecified atom stereocenters. The summed E-state index contributed by atoms with van der Waals surface area (Å²) in [5.74, 6) is -0.248. The van der Waals surface area contributed by atoms with Gasteiger partial charge in [0.25, 0.3) is 10.0 Å². The minimum absolute atomic E-state index is 0.0000256. The quantitative estimate of drug-likeness (QED) is 0.480. The van der Waals surface area contributed by atoms with Crippen molar-refractivity contribution >= 4 is 33.2 Å². The number of nitrogens with zero attached hydrogens (tertiary/aromatic N) is 4. The first-order chi connectivity index (χ1) is 14.8. The van der Waals surface area contributed by atoms with Gasteiger partial charge in [0, 0.05) is 30.0 Å². The molecule has 0 fully saturated rings. The summed E-state index contributed by atoms with van der Waals surface area (Å²) in [7, 11) is -3.84. The molecule has 0 radical (unpaired) electrons. The number of aromatic nitrogens is 4. The van der Waals surface area contributed by atoms with E-state index in [4.69, 9.17) is 0 Å². The third kappa shape index (κ3) is 4.86. The van der Waals surface area contributed by atoms with Crippen LogP contribution in [0.1, 0.15) is 17.0 Å². The summed E-state index contributed by atoms with van der Waals surface area (Å²) in [6, 6.07) is 11.4. The van der Waals surface area contributed by atoms with Gasteiger partial charge in [0.15, 0.2) is 0 Å². The summed E-state index contributed by atoms with van der Waals surface area (Å²) in [5.41, 5.74) is 3.64. The van der Waals surface area contributed by atoms with Crippen LogP contribution in [0, 0.1) is 13.8 Å². The SMILES string of the molecule is Cc1ccn2cc(CC(=O)Nc3ccc(S(=O)(=O)Nc4nccc(C)n4)cc3)nc2c1. The Morgan fingerprint density at radius 3 is 2.58 bits per heavy atom. The van der Waals surface area contributed by atoms with Crippen LogP contribution in [0.5, 0.6) is 0 Å². The van der Waals surface area contributed by atoms with Crippen molar-refractivity contribution in [2.24, 2.45) is 0 Å². The van der Waals surface area contributed by atoms with E-state index in [0.29, 0.717) is 17.1 Å². The molecule has 10 heteroatoms. The predicted octanol–water partition coefficient (Wildman–Crippen LogP) is 2.72. The van der Waals surface area contributed by atoms with Gasteiger partial charge in [-0.25, -0.2) is 28.1 Å². The number of benzene rings is 1. The maximum absolute atomic E-state index is 12.5. The summed E-state index contributed by atoms with van der Waals surface area (Å²) in [4.78, 5) is 24.8. The fourth-order valence-electron chi connectivity index (χ4n) is 2.99. The first kappa shape index (κ1) is 20.5. The first-order valence-electron chi connectivity index (χ1n) is 9.45. The second kappa shape index (κ2) is 8.15. The number of hydrogen-bond acceptors (Lipinski definition) is 6. The molecule has 0 saturated heterocycles. The Hall–Kier alpha value is -3.79. The van der Waals surface area contributed by atoms with Crippen LogP contribution in [-0.4, -0.2) is 33.7 Å². The normalized spacial score (nSPS) is 11.4. The molecule has 2 N–H and O–H groups in total.